The molecule has 0 aromatic rings. The van der Waals surface area contributed by atoms with Crippen molar-refractivity contribution in [2.45, 2.75) is 6.42 Å². The Morgan fingerprint density at radius 2 is 2.67 bits per heavy atom. The molecular weight excluding hydrogens is 74.1 g/mol. The minimum absolute atomic E-state index is 0.977. The fourth-order valence-corrected chi connectivity index (χ4v) is 1.08. The number of nitrogens with one attached hydrogen (secondary N) is 1. The van der Waals surface area contributed by atoms with Gasteiger partial charge in [0.2, 0.25) is 0 Å². The molecular formula is C5H8N. The summed E-state index contributed by atoms with van der Waals surface area (Å²) < 4.78 is 0. The second-order valence-corrected chi connectivity index (χ2v) is 2.23. The van der Waals surface area contributed by atoms with Gasteiger partial charge in [0, 0.05) is 6.54 Å². The van der Waals surface area contributed by atoms with Crippen molar-refractivity contribution in [3.8, 4) is 0 Å². The zero-order valence-electron chi connectivity index (χ0n) is 3.65. The highest BCUT2D eigenvalue weighted by Gasteiger charge is 2.40. The van der Waals surface area contributed by atoms with Gasteiger partial charge in [-0.05, 0) is 24.8 Å². The smallest absolute Gasteiger partial charge is 0.0255 e. The van der Waals surface area contributed by atoms with Gasteiger partial charge in [-0.1, -0.05) is 0 Å². The molecule has 1 radical (unpaired) electrons. The Morgan fingerprint density at radius 1 is 1.67 bits per heavy atom. The molecule has 1 aliphatic heterocycles. The van der Waals surface area contributed by atoms with Crippen LogP contribution in [0.3, 0.4) is 0 Å². The van der Waals surface area contributed by atoms with Crippen LogP contribution in [0.1, 0.15) is 6.42 Å². The SMILES string of the molecule is [CH]1NCC2CC12. The molecule has 2 rings (SSSR count). The van der Waals surface area contributed by atoms with E-state index in [9.17, 15) is 0 Å². The lowest BCUT2D eigenvalue weighted by molar-refractivity contribution is 0.788. The lowest BCUT2D eigenvalue weighted by atomic mass is 10.4. The summed E-state index contributed by atoms with van der Waals surface area (Å²) in [6, 6.07) is 0. The first kappa shape index (κ1) is 3.03. The number of piperidine rings is 1. The van der Waals surface area contributed by atoms with Crippen molar-refractivity contribution in [2.24, 2.45) is 11.8 Å². The van der Waals surface area contributed by atoms with Crippen LogP contribution in [0.5, 0.6) is 0 Å². The van der Waals surface area contributed by atoms with Crippen LogP contribution in [-0.2, 0) is 0 Å². The molecule has 33 valence electrons. The van der Waals surface area contributed by atoms with Gasteiger partial charge in [0.15, 0.2) is 0 Å². The van der Waals surface area contributed by atoms with Crippen molar-refractivity contribution in [1.82, 2.24) is 5.32 Å². The van der Waals surface area contributed by atoms with Crippen molar-refractivity contribution in [1.29, 1.82) is 0 Å². The predicted octanol–water partition coefficient (Wildman–Crippen LogP) is 0.387. The van der Waals surface area contributed by atoms with E-state index in [1.807, 2.05) is 0 Å². The molecule has 2 unspecified atom stereocenters. The summed E-state index contributed by atoms with van der Waals surface area (Å²) in [4.78, 5) is 0. The number of fused-ring (bicyclic) bond motifs is 1. The van der Waals surface area contributed by atoms with Crippen LogP contribution < -0.4 is 5.32 Å². The molecule has 1 N–H and O–H groups in total. The Labute approximate surface area is 37.7 Å². The zero-order valence-corrected chi connectivity index (χ0v) is 3.65. The van der Waals surface area contributed by atoms with Gasteiger partial charge in [-0.15, -0.1) is 0 Å². The molecule has 1 heteroatoms. The van der Waals surface area contributed by atoms with Gasteiger partial charge in [0.25, 0.3) is 0 Å². The third-order valence-corrected chi connectivity index (χ3v) is 1.69. The third kappa shape index (κ3) is 0.243. The maximum atomic E-state index is 3.20. The van der Waals surface area contributed by atoms with Crippen LogP contribution in [0.15, 0.2) is 0 Å². The molecule has 0 spiro atoms. The van der Waals surface area contributed by atoms with Crippen molar-refractivity contribution < 1.29 is 0 Å². The van der Waals surface area contributed by atoms with Gasteiger partial charge in [-0.3, -0.25) is 0 Å². The van der Waals surface area contributed by atoms with Crippen LogP contribution >= 0.6 is 0 Å². The van der Waals surface area contributed by atoms with Crippen LogP contribution in [-0.4, -0.2) is 6.54 Å². The molecule has 2 atom stereocenters. The second kappa shape index (κ2) is 0.784. The van der Waals surface area contributed by atoms with E-state index in [2.05, 4.69) is 11.9 Å². The topological polar surface area (TPSA) is 12.0 Å². The van der Waals surface area contributed by atoms with Gasteiger partial charge >= 0.3 is 0 Å². The highest BCUT2D eigenvalue weighted by atomic mass is 14.9. The molecule has 1 heterocycles. The number of rotatable bonds is 0. The summed E-state index contributed by atoms with van der Waals surface area (Å²) in [5.74, 6) is 2.02. The van der Waals surface area contributed by atoms with E-state index in [1.54, 1.807) is 0 Å². The van der Waals surface area contributed by atoms with E-state index in [4.69, 9.17) is 0 Å². The fourth-order valence-electron chi connectivity index (χ4n) is 1.08. The largest absolute Gasteiger partial charge is 0.312 e. The Balaban J connectivity index is 2.09. The van der Waals surface area contributed by atoms with E-state index < -0.39 is 0 Å². The van der Waals surface area contributed by atoms with Crippen LogP contribution in [0.2, 0.25) is 0 Å². The third-order valence-electron chi connectivity index (χ3n) is 1.69. The molecule has 0 aromatic heterocycles. The first-order chi connectivity index (χ1) is 2.97. The van der Waals surface area contributed by atoms with Crippen molar-refractivity contribution in [3.63, 3.8) is 0 Å². The zero-order chi connectivity index (χ0) is 3.98. The molecule has 1 saturated heterocycles. The molecule has 6 heavy (non-hydrogen) atoms. The Hall–Kier alpha value is -0.0400. The summed E-state index contributed by atoms with van der Waals surface area (Å²) in [6.45, 7) is 3.48. The first-order valence-electron chi connectivity index (χ1n) is 2.53. The predicted molar refractivity (Wildman–Crippen MR) is 23.9 cm³/mol. The molecule has 0 aromatic carbocycles. The van der Waals surface area contributed by atoms with Crippen LogP contribution in [0.25, 0.3) is 0 Å². The maximum absolute atomic E-state index is 3.20. The quantitative estimate of drug-likeness (QED) is 0.445. The van der Waals surface area contributed by atoms with Gasteiger partial charge in [-0.2, -0.15) is 0 Å². The average molecular weight is 82.1 g/mol. The van der Waals surface area contributed by atoms with Gasteiger partial charge in [-0.25, -0.2) is 0 Å². The standard InChI is InChI=1S/C5H8N/c1-4-2-6-3-5(1)4/h2,4-6H,1,3H2. The highest BCUT2D eigenvalue weighted by molar-refractivity contribution is 5.02. The lowest BCUT2D eigenvalue weighted by Gasteiger charge is -1.86. The molecule has 1 aliphatic carbocycles. The summed E-state index contributed by atoms with van der Waals surface area (Å²) in [7, 11) is 0. The summed E-state index contributed by atoms with van der Waals surface area (Å²) >= 11 is 0. The molecule has 1 nitrogen and oxygen atoms in total. The van der Waals surface area contributed by atoms with E-state index >= 15 is 0 Å². The minimum atomic E-state index is 0.977. The summed E-state index contributed by atoms with van der Waals surface area (Å²) in [5, 5.41) is 3.20. The minimum Gasteiger partial charge on any atom is -0.312 e. The van der Waals surface area contributed by atoms with E-state index in [0.29, 0.717) is 0 Å². The summed E-state index contributed by atoms with van der Waals surface area (Å²) in [5.41, 5.74) is 0. The van der Waals surface area contributed by atoms with Gasteiger partial charge < -0.3 is 5.32 Å². The van der Waals surface area contributed by atoms with Crippen LogP contribution in [0.4, 0.5) is 0 Å². The van der Waals surface area contributed by atoms with Crippen molar-refractivity contribution in [3.05, 3.63) is 6.54 Å². The highest BCUT2D eigenvalue weighted by Crippen LogP contribution is 2.42. The number of hydrogen-bond donors (Lipinski definition) is 1. The second-order valence-electron chi connectivity index (χ2n) is 2.23. The van der Waals surface area contributed by atoms with E-state index in [0.717, 1.165) is 11.8 Å². The Kier molecular flexibility index (Phi) is 0.396. The van der Waals surface area contributed by atoms with Crippen molar-refractivity contribution >= 4 is 0 Å². The van der Waals surface area contributed by atoms with E-state index in [1.165, 1.54) is 13.0 Å². The Bertz CT molecular complexity index is 62.3. The van der Waals surface area contributed by atoms with Gasteiger partial charge in [0.1, 0.15) is 0 Å². The average Bonchev–Trinajstić information content (AvgIpc) is 2.17. The fraction of sp³-hybridized carbons (Fsp3) is 0.800. The molecule has 0 bridgehead atoms. The van der Waals surface area contributed by atoms with Crippen LogP contribution in [0, 0.1) is 18.4 Å². The molecule has 2 fully saturated rings. The van der Waals surface area contributed by atoms with Gasteiger partial charge in [0.05, 0.1) is 0 Å². The number of hydrogen-bond acceptors (Lipinski definition) is 1. The monoisotopic (exact) mass is 82.1 g/mol. The van der Waals surface area contributed by atoms with Crippen molar-refractivity contribution in [2.75, 3.05) is 6.54 Å². The molecule has 2 aliphatic rings. The molecule has 1 saturated carbocycles. The molecule has 0 amide bonds. The van der Waals surface area contributed by atoms with E-state index in [-0.39, 0.29) is 0 Å². The maximum Gasteiger partial charge on any atom is 0.0255 e. The summed E-state index contributed by atoms with van der Waals surface area (Å²) in [6.07, 6.45) is 1.47. The lowest BCUT2D eigenvalue weighted by Crippen LogP contribution is -2.05. The normalized spacial score (nSPS) is 52.0. The Morgan fingerprint density at radius 3 is 2.83 bits per heavy atom. The first-order valence-corrected chi connectivity index (χ1v) is 2.53.